The third-order valence-electron chi connectivity index (χ3n) is 4.36. The maximum atomic E-state index is 12.3. The largest absolute Gasteiger partial charge is 0.445 e. The van der Waals surface area contributed by atoms with Crippen LogP contribution in [0.4, 0.5) is 15.3 Å². The summed E-state index contributed by atoms with van der Waals surface area (Å²) in [7, 11) is 0. The topological polar surface area (TPSA) is 120 Å². The van der Waals surface area contributed by atoms with Gasteiger partial charge in [-0.2, -0.15) is 0 Å². The van der Waals surface area contributed by atoms with Crippen molar-refractivity contribution in [2.24, 2.45) is 0 Å². The second kappa shape index (κ2) is 11.1. The number of nitrogens with zero attached hydrogens (tertiary/aromatic N) is 1. The molecule has 0 aliphatic rings. The zero-order chi connectivity index (χ0) is 22.8. The summed E-state index contributed by atoms with van der Waals surface area (Å²) in [5.74, 6) is 0. The van der Waals surface area contributed by atoms with Gasteiger partial charge in [0, 0.05) is 17.7 Å². The Bertz CT molecular complexity index is 1000. The summed E-state index contributed by atoms with van der Waals surface area (Å²) in [6.45, 7) is 0.0412. The van der Waals surface area contributed by atoms with E-state index in [0.29, 0.717) is 0 Å². The third kappa shape index (κ3) is 6.84. The van der Waals surface area contributed by atoms with Crippen molar-refractivity contribution in [2.75, 3.05) is 0 Å². The molecule has 9 nitrogen and oxygen atoms in total. The highest BCUT2D eigenvalue weighted by molar-refractivity contribution is 5.71. The summed E-state index contributed by atoms with van der Waals surface area (Å²) in [4.78, 5) is 35.2. The van der Waals surface area contributed by atoms with Crippen LogP contribution in [0.2, 0.25) is 0 Å². The molecular formula is C23H21N3O6. The number of nitro benzene ring substituents is 1. The van der Waals surface area contributed by atoms with Crippen LogP contribution in [0.25, 0.3) is 0 Å². The van der Waals surface area contributed by atoms with Crippen molar-refractivity contribution >= 4 is 17.9 Å². The van der Waals surface area contributed by atoms with Crippen LogP contribution in [0, 0.1) is 10.1 Å². The van der Waals surface area contributed by atoms with Gasteiger partial charge in [-0.1, -0.05) is 72.8 Å². The fourth-order valence-corrected chi connectivity index (χ4v) is 2.79. The lowest BCUT2D eigenvalue weighted by Gasteiger charge is -2.20. The van der Waals surface area contributed by atoms with Gasteiger partial charge in [-0.25, -0.2) is 9.59 Å². The van der Waals surface area contributed by atoms with Crippen molar-refractivity contribution < 1.29 is 24.0 Å². The smallest absolute Gasteiger partial charge is 0.409 e. The molecule has 164 valence electrons. The zero-order valence-corrected chi connectivity index (χ0v) is 17.0. The molecule has 0 aromatic heterocycles. The molecule has 3 aromatic rings. The van der Waals surface area contributed by atoms with E-state index in [1.54, 1.807) is 24.3 Å². The number of benzene rings is 3. The standard InChI is InChI=1S/C23H21N3O6/c27-22(31-15-17-8-3-1-4-9-17)24-21(19-12-7-13-20(14-19)26(29)30)25-23(28)32-16-18-10-5-2-6-11-18/h1-14,21H,15-16H2,(H,24,27)(H,25,28). The zero-order valence-electron chi connectivity index (χ0n) is 17.0. The van der Waals surface area contributed by atoms with E-state index in [-0.39, 0.29) is 24.5 Å². The Labute approximate surface area is 184 Å². The second-order valence-corrected chi connectivity index (χ2v) is 6.70. The number of carbonyl (C=O) groups excluding carboxylic acids is 2. The van der Waals surface area contributed by atoms with Crippen LogP contribution in [0.15, 0.2) is 84.9 Å². The SMILES string of the molecule is O=C(NC(NC(=O)OCc1ccccc1)c1cccc([N+](=O)[O-])c1)OCc1ccccc1. The number of nitro groups is 1. The normalized spacial score (nSPS) is 10.3. The minimum absolute atomic E-state index is 0.0206. The van der Waals surface area contributed by atoms with Gasteiger partial charge in [0.15, 0.2) is 0 Å². The van der Waals surface area contributed by atoms with E-state index in [1.807, 2.05) is 36.4 Å². The monoisotopic (exact) mass is 435 g/mol. The van der Waals surface area contributed by atoms with Crippen molar-refractivity contribution in [3.8, 4) is 0 Å². The van der Waals surface area contributed by atoms with Gasteiger partial charge >= 0.3 is 12.2 Å². The molecule has 0 spiro atoms. The van der Waals surface area contributed by atoms with Crippen LogP contribution in [0.1, 0.15) is 22.9 Å². The molecule has 0 heterocycles. The quantitative estimate of drug-likeness (QED) is 0.306. The van der Waals surface area contributed by atoms with Crippen LogP contribution >= 0.6 is 0 Å². The fraction of sp³-hybridized carbons (Fsp3) is 0.130. The number of hydrogen-bond acceptors (Lipinski definition) is 6. The highest BCUT2D eigenvalue weighted by Crippen LogP contribution is 2.18. The number of non-ortho nitro benzene ring substituents is 1. The Morgan fingerprint density at radius 1 is 0.781 bits per heavy atom. The van der Waals surface area contributed by atoms with Crippen LogP contribution in [-0.4, -0.2) is 17.1 Å². The van der Waals surface area contributed by atoms with E-state index in [1.165, 1.54) is 24.3 Å². The summed E-state index contributed by atoms with van der Waals surface area (Å²) in [6.07, 6.45) is -2.73. The maximum Gasteiger partial charge on any atom is 0.409 e. The van der Waals surface area contributed by atoms with Crippen molar-refractivity contribution in [1.82, 2.24) is 10.6 Å². The molecule has 32 heavy (non-hydrogen) atoms. The Morgan fingerprint density at radius 2 is 1.28 bits per heavy atom. The number of alkyl carbamates (subject to hydrolysis) is 2. The molecule has 0 radical (unpaired) electrons. The molecule has 0 atom stereocenters. The lowest BCUT2D eigenvalue weighted by atomic mass is 10.1. The second-order valence-electron chi connectivity index (χ2n) is 6.70. The van der Waals surface area contributed by atoms with Crippen molar-refractivity contribution in [2.45, 2.75) is 19.4 Å². The molecule has 3 rings (SSSR count). The molecule has 0 aliphatic heterocycles. The van der Waals surface area contributed by atoms with Gasteiger partial charge in [0.25, 0.3) is 5.69 Å². The lowest BCUT2D eigenvalue weighted by molar-refractivity contribution is -0.384. The van der Waals surface area contributed by atoms with Crippen LogP contribution in [0.5, 0.6) is 0 Å². The first-order valence-corrected chi connectivity index (χ1v) is 9.70. The van der Waals surface area contributed by atoms with E-state index in [4.69, 9.17) is 9.47 Å². The Balaban J connectivity index is 1.67. The average Bonchev–Trinajstić information content (AvgIpc) is 2.82. The van der Waals surface area contributed by atoms with Crippen molar-refractivity contribution in [1.29, 1.82) is 0 Å². The number of hydrogen-bond donors (Lipinski definition) is 2. The average molecular weight is 435 g/mol. The fourth-order valence-electron chi connectivity index (χ4n) is 2.79. The number of carbonyl (C=O) groups is 2. The minimum atomic E-state index is -1.11. The van der Waals surface area contributed by atoms with Crippen LogP contribution in [-0.2, 0) is 22.7 Å². The van der Waals surface area contributed by atoms with Gasteiger partial charge in [-0.05, 0) is 11.1 Å². The summed E-state index contributed by atoms with van der Waals surface area (Å²) in [5.41, 5.74) is 1.66. The summed E-state index contributed by atoms with van der Waals surface area (Å²) >= 11 is 0. The molecule has 0 saturated heterocycles. The number of rotatable bonds is 8. The predicted molar refractivity (Wildman–Crippen MR) is 115 cm³/mol. The number of nitrogens with one attached hydrogen (secondary N) is 2. The molecule has 2 amide bonds. The summed E-state index contributed by atoms with van der Waals surface area (Å²) in [6, 6.07) is 23.7. The lowest BCUT2D eigenvalue weighted by Crippen LogP contribution is -2.41. The molecule has 0 saturated carbocycles. The minimum Gasteiger partial charge on any atom is -0.445 e. The molecule has 0 bridgehead atoms. The van der Waals surface area contributed by atoms with Gasteiger partial charge in [-0.15, -0.1) is 0 Å². The molecular weight excluding hydrogens is 414 g/mol. The van der Waals surface area contributed by atoms with E-state index in [9.17, 15) is 19.7 Å². The molecule has 0 unspecified atom stereocenters. The van der Waals surface area contributed by atoms with Crippen molar-refractivity contribution in [3.63, 3.8) is 0 Å². The number of amides is 2. The van der Waals surface area contributed by atoms with E-state index in [2.05, 4.69) is 10.6 Å². The third-order valence-corrected chi connectivity index (χ3v) is 4.36. The summed E-state index contributed by atoms with van der Waals surface area (Å²) < 4.78 is 10.4. The van der Waals surface area contributed by atoms with E-state index < -0.39 is 23.3 Å². The molecule has 2 N–H and O–H groups in total. The van der Waals surface area contributed by atoms with Gasteiger partial charge < -0.3 is 9.47 Å². The van der Waals surface area contributed by atoms with Gasteiger partial charge in [0.05, 0.1) is 4.92 Å². The first-order chi connectivity index (χ1) is 15.5. The maximum absolute atomic E-state index is 12.3. The Kier molecular flexibility index (Phi) is 7.74. The molecule has 3 aromatic carbocycles. The van der Waals surface area contributed by atoms with E-state index >= 15 is 0 Å². The first-order valence-electron chi connectivity index (χ1n) is 9.70. The predicted octanol–water partition coefficient (Wildman–Crippen LogP) is 4.45. The van der Waals surface area contributed by atoms with Gasteiger partial charge in [0.2, 0.25) is 0 Å². The van der Waals surface area contributed by atoms with Crippen molar-refractivity contribution in [3.05, 3.63) is 112 Å². The highest BCUT2D eigenvalue weighted by Gasteiger charge is 2.21. The van der Waals surface area contributed by atoms with E-state index in [0.717, 1.165) is 11.1 Å². The Morgan fingerprint density at radius 3 is 1.75 bits per heavy atom. The molecule has 9 heteroatoms. The summed E-state index contributed by atoms with van der Waals surface area (Å²) in [5, 5.41) is 16.1. The highest BCUT2D eigenvalue weighted by atomic mass is 16.6. The first kappa shape index (κ1) is 22.3. The molecule has 0 fully saturated rings. The van der Waals surface area contributed by atoms with Gasteiger partial charge in [0.1, 0.15) is 19.4 Å². The molecule has 0 aliphatic carbocycles. The van der Waals surface area contributed by atoms with Crippen LogP contribution in [0.3, 0.4) is 0 Å². The van der Waals surface area contributed by atoms with Crippen LogP contribution < -0.4 is 10.6 Å². The van der Waals surface area contributed by atoms with Gasteiger partial charge in [-0.3, -0.25) is 20.7 Å². The number of ether oxygens (including phenoxy) is 2. The Hall–Kier alpha value is -4.40.